The number of benzene rings is 3. The van der Waals surface area contributed by atoms with Gasteiger partial charge in [0.2, 0.25) is 0 Å². The number of ketones is 1. The molecule has 9 heteroatoms. The Labute approximate surface area is 229 Å². The molecule has 3 aromatic rings. The molecule has 1 fully saturated rings. The molecule has 1 aliphatic carbocycles. The molecule has 3 aromatic carbocycles. The summed E-state index contributed by atoms with van der Waals surface area (Å²) in [4.78, 5) is 26.3. The summed E-state index contributed by atoms with van der Waals surface area (Å²) in [5, 5.41) is 2.91. The third kappa shape index (κ3) is 7.45. The average Bonchev–Trinajstić information content (AvgIpc) is 2.93. The van der Waals surface area contributed by atoms with Gasteiger partial charge in [-0.15, -0.1) is 0 Å². The highest BCUT2D eigenvalue weighted by Crippen LogP contribution is 2.29. The summed E-state index contributed by atoms with van der Waals surface area (Å²) in [6, 6.07) is 12.5. The van der Waals surface area contributed by atoms with Crippen LogP contribution in [0.2, 0.25) is 0 Å². The molecule has 4 rings (SSSR count). The largest absolute Gasteiger partial charge is 0.491 e. The van der Waals surface area contributed by atoms with E-state index in [1.165, 1.54) is 24.3 Å². The van der Waals surface area contributed by atoms with Gasteiger partial charge in [-0.2, -0.15) is 0 Å². The molecular formula is C31H27F4NO4. The van der Waals surface area contributed by atoms with Crippen LogP contribution in [-0.4, -0.2) is 37.6 Å². The number of carbonyl (C=O) groups excluding carboxylic acids is 2. The standard InChI is InChI=1S/C31H27F4NO4/c1-2-39-11-12-40-25-7-5-21(6-8-25)31(38)36-24-17-22(13-19-3-9-26(32)28(34)15-19)30(37)23(18-24)14-20-4-10-27(33)29(35)16-20/h3-10,13-16,24H,2,11-12,17-18H2,1H3,(H,36,38)/b22-13+,23-14+. The Bertz CT molecular complexity index is 1380. The summed E-state index contributed by atoms with van der Waals surface area (Å²) >= 11 is 0. The highest BCUT2D eigenvalue weighted by molar-refractivity contribution is 6.14. The first kappa shape index (κ1) is 28.8. The van der Waals surface area contributed by atoms with Crippen molar-refractivity contribution in [1.29, 1.82) is 0 Å². The Morgan fingerprint density at radius 2 is 1.38 bits per heavy atom. The zero-order valence-corrected chi connectivity index (χ0v) is 21.7. The van der Waals surface area contributed by atoms with E-state index >= 15 is 0 Å². The van der Waals surface area contributed by atoms with E-state index in [0.717, 1.165) is 24.3 Å². The van der Waals surface area contributed by atoms with E-state index in [1.54, 1.807) is 24.3 Å². The van der Waals surface area contributed by atoms with Crippen molar-refractivity contribution in [2.24, 2.45) is 0 Å². The van der Waals surface area contributed by atoms with Crippen LogP contribution in [0.25, 0.3) is 12.2 Å². The van der Waals surface area contributed by atoms with E-state index in [1.807, 2.05) is 6.92 Å². The van der Waals surface area contributed by atoms with Crippen molar-refractivity contribution in [1.82, 2.24) is 5.32 Å². The van der Waals surface area contributed by atoms with Gasteiger partial charge in [-0.1, -0.05) is 12.1 Å². The van der Waals surface area contributed by atoms with Gasteiger partial charge in [-0.25, -0.2) is 17.6 Å². The zero-order chi connectivity index (χ0) is 28.6. The van der Waals surface area contributed by atoms with Crippen molar-refractivity contribution in [3.05, 3.63) is 112 Å². The van der Waals surface area contributed by atoms with Crippen molar-refractivity contribution in [2.75, 3.05) is 19.8 Å². The van der Waals surface area contributed by atoms with Gasteiger partial charge in [0, 0.05) is 29.4 Å². The van der Waals surface area contributed by atoms with Gasteiger partial charge in [-0.3, -0.25) is 9.59 Å². The molecule has 0 radical (unpaired) electrons. The third-order valence-corrected chi connectivity index (χ3v) is 6.24. The van der Waals surface area contributed by atoms with Crippen LogP contribution in [0, 0.1) is 23.3 Å². The van der Waals surface area contributed by atoms with Crippen LogP contribution in [0.1, 0.15) is 41.3 Å². The summed E-state index contributed by atoms with van der Waals surface area (Å²) in [5.74, 6) is -4.38. The second-order valence-corrected chi connectivity index (χ2v) is 9.16. The summed E-state index contributed by atoms with van der Waals surface area (Å²) in [6.07, 6.45) is 3.10. The molecule has 1 amide bonds. The third-order valence-electron chi connectivity index (χ3n) is 6.24. The Hall–Kier alpha value is -4.24. The molecule has 0 heterocycles. The summed E-state index contributed by atoms with van der Waals surface area (Å²) in [6.45, 7) is 3.29. The second-order valence-electron chi connectivity index (χ2n) is 9.16. The fraction of sp³-hybridized carbons (Fsp3) is 0.226. The molecule has 40 heavy (non-hydrogen) atoms. The Morgan fingerprint density at radius 3 is 1.88 bits per heavy atom. The normalized spacial score (nSPS) is 17.3. The van der Waals surface area contributed by atoms with Gasteiger partial charge in [0.1, 0.15) is 12.4 Å². The lowest BCUT2D eigenvalue weighted by atomic mass is 9.83. The second kappa shape index (κ2) is 13.2. The van der Waals surface area contributed by atoms with E-state index in [0.29, 0.717) is 31.1 Å². The highest BCUT2D eigenvalue weighted by Gasteiger charge is 2.29. The lowest BCUT2D eigenvalue weighted by Crippen LogP contribution is -2.39. The van der Waals surface area contributed by atoms with Gasteiger partial charge in [0.25, 0.3) is 5.91 Å². The number of hydrogen-bond donors (Lipinski definition) is 1. The topological polar surface area (TPSA) is 64.6 Å². The maximum atomic E-state index is 13.8. The lowest BCUT2D eigenvalue weighted by Gasteiger charge is -2.27. The molecule has 208 valence electrons. The average molecular weight is 554 g/mol. The van der Waals surface area contributed by atoms with Gasteiger partial charge in [0.05, 0.1) is 6.61 Å². The van der Waals surface area contributed by atoms with Crippen LogP contribution >= 0.6 is 0 Å². The molecule has 1 N–H and O–H groups in total. The molecule has 1 saturated carbocycles. The van der Waals surface area contributed by atoms with Gasteiger partial charge in [-0.05, 0) is 91.6 Å². The fourth-order valence-electron chi connectivity index (χ4n) is 4.29. The molecule has 0 bridgehead atoms. The molecule has 1 aliphatic rings. The van der Waals surface area contributed by atoms with Crippen LogP contribution < -0.4 is 10.1 Å². The first-order chi connectivity index (χ1) is 19.2. The number of Topliss-reactive ketones (excluding diaryl/α,β-unsaturated/α-hetero) is 1. The van der Waals surface area contributed by atoms with Crippen LogP contribution in [0.15, 0.2) is 71.8 Å². The minimum absolute atomic E-state index is 0.122. The van der Waals surface area contributed by atoms with Crippen LogP contribution in [0.3, 0.4) is 0 Å². The molecule has 0 aliphatic heterocycles. The highest BCUT2D eigenvalue weighted by atomic mass is 19.2. The number of hydrogen-bond acceptors (Lipinski definition) is 4. The number of nitrogens with one attached hydrogen (secondary N) is 1. The van der Waals surface area contributed by atoms with E-state index < -0.39 is 35.1 Å². The summed E-state index contributed by atoms with van der Waals surface area (Å²) < 4.78 is 65.2. The van der Waals surface area contributed by atoms with Gasteiger partial charge in [0.15, 0.2) is 29.1 Å². The van der Waals surface area contributed by atoms with Crippen molar-refractivity contribution >= 4 is 23.8 Å². The van der Waals surface area contributed by atoms with E-state index in [2.05, 4.69) is 5.32 Å². The van der Waals surface area contributed by atoms with Gasteiger partial charge >= 0.3 is 0 Å². The van der Waals surface area contributed by atoms with Crippen LogP contribution in [-0.2, 0) is 9.53 Å². The number of halogens is 4. The molecule has 0 unspecified atom stereocenters. The fourth-order valence-corrected chi connectivity index (χ4v) is 4.29. The van der Waals surface area contributed by atoms with Crippen molar-refractivity contribution in [3.8, 4) is 5.75 Å². The maximum absolute atomic E-state index is 13.8. The van der Waals surface area contributed by atoms with Crippen molar-refractivity contribution in [3.63, 3.8) is 0 Å². The number of rotatable bonds is 9. The predicted molar refractivity (Wildman–Crippen MR) is 143 cm³/mol. The smallest absolute Gasteiger partial charge is 0.251 e. The SMILES string of the molecule is CCOCCOc1ccc(C(=O)NC2C/C(=C\c3ccc(F)c(F)c3)C(=O)/C(=C/c3ccc(F)c(F)c3)C2)cc1. The molecular weight excluding hydrogens is 526 g/mol. The Morgan fingerprint density at radius 1 is 0.825 bits per heavy atom. The van der Waals surface area contributed by atoms with Crippen LogP contribution in [0.4, 0.5) is 17.6 Å². The quantitative estimate of drug-likeness (QED) is 0.192. The monoisotopic (exact) mass is 553 g/mol. The maximum Gasteiger partial charge on any atom is 0.251 e. The van der Waals surface area contributed by atoms with Crippen molar-refractivity contribution in [2.45, 2.75) is 25.8 Å². The molecule has 0 atom stereocenters. The van der Waals surface area contributed by atoms with Crippen LogP contribution in [0.5, 0.6) is 5.75 Å². The number of ether oxygens (including phenoxy) is 2. The lowest BCUT2D eigenvalue weighted by molar-refractivity contribution is -0.113. The van der Waals surface area contributed by atoms with E-state index in [-0.39, 0.29) is 41.0 Å². The Kier molecular flexibility index (Phi) is 9.50. The molecule has 0 aromatic heterocycles. The first-order valence-corrected chi connectivity index (χ1v) is 12.7. The molecule has 0 spiro atoms. The molecule has 5 nitrogen and oxygen atoms in total. The van der Waals surface area contributed by atoms with Gasteiger partial charge < -0.3 is 14.8 Å². The van der Waals surface area contributed by atoms with E-state index in [4.69, 9.17) is 9.47 Å². The summed E-state index contributed by atoms with van der Waals surface area (Å²) in [5.41, 5.74) is 1.39. The summed E-state index contributed by atoms with van der Waals surface area (Å²) in [7, 11) is 0. The van der Waals surface area contributed by atoms with Crippen molar-refractivity contribution < 1.29 is 36.6 Å². The number of amides is 1. The minimum Gasteiger partial charge on any atom is -0.491 e. The van der Waals surface area contributed by atoms with E-state index in [9.17, 15) is 27.2 Å². The zero-order valence-electron chi connectivity index (χ0n) is 21.7. The predicted octanol–water partition coefficient (Wildman–Crippen LogP) is 6.29. The number of carbonyl (C=O) groups is 2. The minimum atomic E-state index is -1.06. The molecule has 0 saturated heterocycles. The Balaban J connectivity index is 1.56. The first-order valence-electron chi connectivity index (χ1n) is 12.7.